The lowest BCUT2D eigenvalue weighted by atomic mass is 10.0. The number of amides is 1. The van der Waals surface area contributed by atoms with Crippen LogP contribution in [0.5, 0.6) is 11.5 Å². The molecule has 1 saturated heterocycles. The van der Waals surface area contributed by atoms with Gasteiger partial charge >= 0.3 is 0 Å². The zero-order valence-electron chi connectivity index (χ0n) is 16.8. The highest BCUT2D eigenvalue weighted by Gasteiger charge is 2.23. The van der Waals surface area contributed by atoms with Crippen molar-refractivity contribution in [2.45, 2.75) is 25.4 Å². The van der Waals surface area contributed by atoms with Crippen molar-refractivity contribution in [2.75, 3.05) is 27.3 Å². The molecule has 0 bridgehead atoms. The highest BCUT2D eigenvalue weighted by molar-refractivity contribution is 5.97. The minimum atomic E-state index is -0.170. The Bertz CT molecular complexity index is 972. The Hall–Kier alpha value is -2.99. The molecule has 2 heterocycles. The van der Waals surface area contributed by atoms with Crippen LogP contribution in [0.4, 0.5) is 0 Å². The molecule has 0 unspecified atom stereocenters. The molecule has 152 valence electrons. The topological polar surface area (TPSA) is 63.9 Å². The molecule has 1 amide bonds. The SMILES string of the molecule is COc1ccc(CN2CCC(NC(=O)c3cc4cccc(OC)c4o3)CC2)cc1. The molecule has 0 saturated carbocycles. The van der Waals surface area contributed by atoms with Crippen LogP contribution >= 0.6 is 0 Å². The molecular weight excluding hydrogens is 368 g/mol. The monoisotopic (exact) mass is 394 g/mol. The summed E-state index contributed by atoms with van der Waals surface area (Å²) in [5.74, 6) is 1.66. The van der Waals surface area contributed by atoms with E-state index < -0.39 is 0 Å². The lowest BCUT2D eigenvalue weighted by Crippen LogP contribution is -2.44. The quantitative estimate of drug-likeness (QED) is 0.688. The van der Waals surface area contributed by atoms with Gasteiger partial charge < -0.3 is 19.2 Å². The summed E-state index contributed by atoms with van der Waals surface area (Å²) in [6.07, 6.45) is 1.84. The molecule has 1 aromatic heterocycles. The van der Waals surface area contributed by atoms with Gasteiger partial charge in [-0.1, -0.05) is 24.3 Å². The fourth-order valence-electron chi connectivity index (χ4n) is 3.79. The van der Waals surface area contributed by atoms with Crippen molar-refractivity contribution < 1.29 is 18.7 Å². The molecular formula is C23H26N2O4. The van der Waals surface area contributed by atoms with Crippen LogP contribution in [0.15, 0.2) is 52.9 Å². The summed E-state index contributed by atoms with van der Waals surface area (Å²) in [5, 5.41) is 3.98. The molecule has 0 atom stereocenters. The number of ether oxygens (including phenoxy) is 2. The van der Waals surface area contributed by atoms with Crippen molar-refractivity contribution in [1.82, 2.24) is 10.2 Å². The summed E-state index contributed by atoms with van der Waals surface area (Å²) < 4.78 is 16.3. The third-order valence-corrected chi connectivity index (χ3v) is 5.44. The number of nitrogens with zero attached hydrogens (tertiary/aromatic N) is 1. The third-order valence-electron chi connectivity index (χ3n) is 5.44. The van der Waals surface area contributed by atoms with Gasteiger partial charge in [-0.2, -0.15) is 0 Å². The van der Waals surface area contributed by atoms with Crippen LogP contribution in [-0.4, -0.2) is 44.2 Å². The van der Waals surface area contributed by atoms with Gasteiger partial charge in [-0.3, -0.25) is 9.69 Å². The molecule has 29 heavy (non-hydrogen) atoms. The summed E-state index contributed by atoms with van der Waals surface area (Å²) >= 11 is 0. The van der Waals surface area contributed by atoms with Crippen molar-refractivity contribution >= 4 is 16.9 Å². The fraction of sp³-hybridized carbons (Fsp3) is 0.348. The van der Waals surface area contributed by atoms with Crippen LogP contribution in [-0.2, 0) is 6.54 Å². The average molecular weight is 394 g/mol. The second kappa shape index (κ2) is 8.57. The number of hydrogen-bond acceptors (Lipinski definition) is 5. The highest BCUT2D eigenvalue weighted by Crippen LogP contribution is 2.28. The highest BCUT2D eigenvalue weighted by atomic mass is 16.5. The van der Waals surface area contributed by atoms with Crippen molar-refractivity contribution in [3.05, 3.63) is 59.9 Å². The van der Waals surface area contributed by atoms with E-state index in [4.69, 9.17) is 13.9 Å². The van der Waals surface area contributed by atoms with Crippen LogP contribution in [0, 0.1) is 0 Å². The van der Waals surface area contributed by atoms with Gasteiger partial charge in [-0.05, 0) is 42.7 Å². The van der Waals surface area contributed by atoms with Crippen molar-refractivity contribution in [2.24, 2.45) is 0 Å². The van der Waals surface area contributed by atoms with Crippen LogP contribution in [0.25, 0.3) is 11.0 Å². The molecule has 3 aromatic rings. The first-order valence-corrected chi connectivity index (χ1v) is 9.89. The second-order valence-electron chi connectivity index (χ2n) is 7.36. The minimum absolute atomic E-state index is 0.157. The van der Waals surface area contributed by atoms with Crippen LogP contribution in [0.1, 0.15) is 29.0 Å². The van der Waals surface area contributed by atoms with Crippen LogP contribution in [0.2, 0.25) is 0 Å². The summed E-state index contributed by atoms with van der Waals surface area (Å²) in [4.78, 5) is 15.1. The van der Waals surface area contributed by atoms with E-state index in [-0.39, 0.29) is 11.9 Å². The molecule has 1 aliphatic rings. The number of carbonyl (C=O) groups excluding carboxylic acids is 1. The van der Waals surface area contributed by atoms with Gasteiger partial charge in [0.2, 0.25) is 0 Å². The minimum Gasteiger partial charge on any atom is -0.497 e. The summed E-state index contributed by atoms with van der Waals surface area (Å²) in [6, 6.07) is 15.7. The number of fused-ring (bicyclic) bond motifs is 1. The van der Waals surface area contributed by atoms with Crippen molar-refractivity contribution in [1.29, 1.82) is 0 Å². The molecule has 1 aliphatic heterocycles. The largest absolute Gasteiger partial charge is 0.497 e. The maximum absolute atomic E-state index is 12.6. The van der Waals surface area contributed by atoms with E-state index in [1.54, 1.807) is 20.3 Å². The summed E-state index contributed by atoms with van der Waals surface area (Å²) in [6.45, 7) is 2.81. The van der Waals surface area contributed by atoms with Gasteiger partial charge in [0.1, 0.15) is 5.75 Å². The number of carbonyl (C=O) groups is 1. The molecule has 6 heteroatoms. The second-order valence-corrected chi connectivity index (χ2v) is 7.36. The number of para-hydroxylation sites is 1. The Labute approximate surface area is 170 Å². The molecule has 1 fully saturated rings. The van der Waals surface area contributed by atoms with Crippen molar-refractivity contribution in [3.63, 3.8) is 0 Å². The van der Waals surface area contributed by atoms with E-state index in [9.17, 15) is 4.79 Å². The van der Waals surface area contributed by atoms with Crippen molar-refractivity contribution in [3.8, 4) is 11.5 Å². The maximum atomic E-state index is 12.6. The Kier molecular flexibility index (Phi) is 5.71. The lowest BCUT2D eigenvalue weighted by Gasteiger charge is -2.32. The molecule has 0 aliphatic carbocycles. The molecule has 2 aromatic carbocycles. The first-order chi connectivity index (χ1) is 14.2. The van der Waals surface area contributed by atoms with Gasteiger partial charge in [0.25, 0.3) is 5.91 Å². The van der Waals surface area contributed by atoms with Crippen LogP contribution < -0.4 is 14.8 Å². The van der Waals surface area contributed by atoms with E-state index >= 15 is 0 Å². The Morgan fingerprint density at radius 2 is 1.86 bits per heavy atom. The molecule has 1 N–H and O–H groups in total. The number of benzene rings is 2. The first-order valence-electron chi connectivity index (χ1n) is 9.89. The number of furan rings is 1. The standard InChI is InChI=1S/C23H26N2O4/c1-27-19-8-6-16(7-9-19)15-25-12-10-18(11-13-25)24-23(26)21-14-17-4-3-5-20(28-2)22(17)29-21/h3-9,14,18H,10-13,15H2,1-2H3,(H,24,26). The van der Waals surface area contributed by atoms with E-state index in [2.05, 4.69) is 22.3 Å². The van der Waals surface area contributed by atoms with E-state index in [0.717, 1.165) is 43.6 Å². The van der Waals surface area contributed by atoms with E-state index in [1.165, 1.54) is 5.56 Å². The average Bonchev–Trinajstić information content (AvgIpc) is 3.20. The Morgan fingerprint density at radius 1 is 1.10 bits per heavy atom. The molecule has 6 nitrogen and oxygen atoms in total. The Balaban J connectivity index is 1.31. The van der Waals surface area contributed by atoms with E-state index in [0.29, 0.717) is 17.1 Å². The maximum Gasteiger partial charge on any atom is 0.287 e. The molecule has 0 spiro atoms. The zero-order valence-corrected chi connectivity index (χ0v) is 16.8. The van der Waals surface area contributed by atoms with Gasteiger partial charge in [0.15, 0.2) is 17.1 Å². The first kappa shape index (κ1) is 19.3. The molecule has 0 radical (unpaired) electrons. The number of hydrogen-bond donors (Lipinski definition) is 1. The number of nitrogens with one attached hydrogen (secondary N) is 1. The van der Waals surface area contributed by atoms with Gasteiger partial charge in [-0.25, -0.2) is 0 Å². The summed E-state index contributed by atoms with van der Waals surface area (Å²) in [5.41, 5.74) is 1.87. The number of piperidine rings is 1. The predicted octanol–water partition coefficient (Wildman–Crippen LogP) is 3.84. The summed E-state index contributed by atoms with van der Waals surface area (Å²) in [7, 11) is 3.27. The molecule has 4 rings (SSSR count). The normalized spacial score (nSPS) is 15.4. The third kappa shape index (κ3) is 4.38. The zero-order chi connectivity index (χ0) is 20.2. The fourth-order valence-corrected chi connectivity index (χ4v) is 3.79. The van der Waals surface area contributed by atoms with Gasteiger partial charge in [0.05, 0.1) is 14.2 Å². The van der Waals surface area contributed by atoms with Crippen LogP contribution in [0.3, 0.4) is 0 Å². The number of likely N-dealkylation sites (tertiary alicyclic amines) is 1. The number of rotatable bonds is 6. The van der Waals surface area contributed by atoms with Gasteiger partial charge in [0, 0.05) is 31.1 Å². The number of methoxy groups -OCH3 is 2. The Morgan fingerprint density at radius 3 is 2.55 bits per heavy atom. The predicted molar refractivity (Wildman–Crippen MR) is 112 cm³/mol. The van der Waals surface area contributed by atoms with E-state index in [1.807, 2.05) is 30.3 Å². The van der Waals surface area contributed by atoms with Gasteiger partial charge in [-0.15, -0.1) is 0 Å². The smallest absolute Gasteiger partial charge is 0.287 e. The lowest BCUT2D eigenvalue weighted by molar-refractivity contribution is 0.0883.